The molecule has 1 heterocycles. The molecule has 0 aromatic carbocycles. The molecule has 1 rings (SSSR count). The van der Waals surface area contributed by atoms with Crippen molar-refractivity contribution < 1.29 is 4.79 Å². The summed E-state index contributed by atoms with van der Waals surface area (Å²) >= 11 is 1.71. The number of nitrogens with one attached hydrogen (secondary N) is 2. The van der Waals surface area contributed by atoms with Gasteiger partial charge in [0.15, 0.2) is 0 Å². The number of rotatable bonds is 7. The van der Waals surface area contributed by atoms with Gasteiger partial charge in [0.2, 0.25) is 5.91 Å². The van der Waals surface area contributed by atoms with Gasteiger partial charge in [0.1, 0.15) is 0 Å². The van der Waals surface area contributed by atoms with Crippen LogP contribution < -0.4 is 10.6 Å². The van der Waals surface area contributed by atoms with E-state index in [1.165, 1.54) is 4.88 Å². The first-order valence-electron chi connectivity index (χ1n) is 6.58. The third-order valence-corrected chi connectivity index (χ3v) is 3.94. The predicted octanol–water partition coefficient (Wildman–Crippen LogP) is 2.95. The summed E-state index contributed by atoms with van der Waals surface area (Å²) in [6, 6.07) is 4.18. The highest BCUT2D eigenvalue weighted by atomic mass is 32.1. The third-order valence-electron chi connectivity index (χ3n) is 2.88. The van der Waals surface area contributed by atoms with Crippen molar-refractivity contribution >= 4 is 17.2 Å². The number of hydrogen-bond donors (Lipinski definition) is 2. The molecule has 18 heavy (non-hydrogen) atoms. The van der Waals surface area contributed by atoms with Crippen LogP contribution in [0.3, 0.4) is 0 Å². The molecule has 1 aromatic heterocycles. The van der Waals surface area contributed by atoms with Crippen LogP contribution in [0.4, 0.5) is 0 Å². The lowest BCUT2D eigenvalue weighted by atomic mass is 10.1. The Bertz CT molecular complexity index is 349. The molecule has 2 N–H and O–H groups in total. The number of amides is 1. The first-order valence-corrected chi connectivity index (χ1v) is 7.45. The molecule has 1 aromatic rings. The van der Waals surface area contributed by atoms with Gasteiger partial charge in [-0.3, -0.25) is 10.1 Å². The summed E-state index contributed by atoms with van der Waals surface area (Å²) in [6.07, 6.45) is 1.03. The van der Waals surface area contributed by atoms with Crippen LogP contribution in [0.2, 0.25) is 0 Å². The molecular formula is C14H24N2OS. The Hall–Kier alpha value is -0.870. The second-order valence-electron chi connectivity index (χ2n) is 5.10. The van der Waals surface area contributed by atoms with Crippen LogP contribution in [0.15, 0.2) is 17.5 Å². The number of thiophene rings is 1. The van der Waals surface area contributed by atoms with E-state index in [1.807, 2.05) is 13.0 Å². The minimum atomic E-state index is -0.158. The van der Waals surface area contributed by atoms with Crippen molar-refractivity contribution in [1.29, 1.82) is 0 Å². The summed E-state index contributed by atoms with van der Waals surface area (Å²) in [5, 5.41) is 8.34. The maximum absolute atomic E-state index is 11.9. The van der Waals surface area contributed by atoms with Crippen molar-refractivity contribution in [3.05, 3.63) is 22.4 Å². The average molecular weight is 268 g/mol. The molecule has 2 atom stereocenters. The first-order chi connectivity index (χ1) is 8.50. The van der Waals surface area contributed by atoms with E-state index in [4.69, 9.17) is 0 Å². The van der Waals surface area contributed by atoms with E-state index in [-0.39, 0.29) is 18.0 Å². The Morgan fingerprint density at radius 2 is 2.06 bits per heavy atom. The summed E-state index contributed by atoms with van der Waals surface area (Å²) < 4.78 is 0. The van der Waals surface area contributed by atoms with Gasteiger partial charge in [0.05, 0.1) is 6.04 Å². The second kappa shape index (κ2) is 7.54. The smallest absolute Gasteiger partial charge is 0.236 e. The van der Waals surface area contributed by atoms with Gasteiger partial charge in [0, 0.05) is 17.5 Å². The normalized spacial score (nSPS) is 14.5. The second-order valence-corrected chi connectivity index (χ2v) is 6.08. The zero-order chi connectivity index (χ0) is 13.5. The zero-order valence-electron chi connectivity index (χ0n) is 11.7. The van der Waals surface area contributed by atoms with Crippen molar-refractivity contribution in [3.8, 4) is 0 Å². The Labute approximate surface area is 114 Å². The van der Waals surface area contributed by atoms with Crippen molar-refractivity contribution in [2.45, 2.75) is 46.2 Å². The van der Waals surface area contributed by atoms with Crippen LogP contribution in [0, 0.1) is 5.92 Å². The highest BCUT2D eigenvalue weighted by Gasteiger charge is 2.16. The molecule has 0 saturated carbocycles. The van der Waals surface area contributed by atoms with E-state index < -0.39 is 0 Å². The predicted molar refractivity (Wildman–Crippen MR) is 77.8 cm³/mol. The molecule has 0 aliphatic rings. The fourth-order valence-corrected chi connectivity index (χ4v) is 2.45. The average Bonchev–Trinajstić information content (AvgIpc) is 2.81. The summed E-state index contributed by atoms with van der Waals surface area (Å²) in [6.45, 7) is 9.08. The van der Waals surface area contributed by atoms with Crippen LogP contribution in [0.5, 0.6) is 0 Å². The van der Waals surface area contributed by atoms with Gasteiger partial charge < -0.3 is 5.32 Å². The largest absolute Gasteiger partial charge is 0.355 e. The topological polar surface area (TPSA) is 41.1 Å². The lowest BCUT2D eigenvalue weighted by Gasteiger charge is -2.19. The Morgan fingerprint density at radius 3 is 2.61 bits per heavy atom. The summed E-state index contributed by atoms with van der Waals surface area (Å²) in [5.74, 6) is 0.706. The molecule has 0 fully saturated rings. The van der Waals surface area contributed by atoms with E-state index >= 15 is 0 Å². The van der Waals surface area contributed by atoms with Crippen molar-refractivity contribution in [1.82, 2.24) is 10.6 Å². The SMILES string of the molecule is CC(C)CCNC(=O)C(C)N[C@H](C)c1cccs1. The van der Waals surface area contributed by atoms with Crippen LogP contribution in [-0.4, -0.2) is 18.5 Å². The fraction of sp³-hybridized carbons (Fsp3) is 0.643. The molecule has 0 spiro atoms. The Kier molecular flexibility index (Phi) is 6.36. The third kappa shape index (κ3) is 5.19. The number of carbonyl (C=O) groups excluding carboxylic acids is 1. The van der Waals surface area contributed by atoms with Crippen LogP contribution in [-0.2, 0) is 4.79 Å². The zero-order valence-corrected chi connectivity index (χ0v) is 12.5. The van der Waals surface area contributed by atoms with E-state index in [1.54, 1.807) is 11.3 Å². The van der Waals surface area contributed by atoms with Crippen LogP contribution >= 0.6 is 11.3 Å². The minimum absolute atomic E-state index is 0.0825. The van der Waals surface area contributed by atoms with Crippen LogP contribution in [0.1, 0.15) is 45.0 Å². The molecule has 0 aliphatic heterocycles. The molecule has 0 bridgehead atoms. The highest BCUT2D eigenvalue weighted by Crippen LogP contribution is 2.18. The first kappa shape index (κ1) is 15.2. The quantitative estimate of drug-likeness (QED) is 0.798. The maximum atomic E-state index is 11.9. The van der Waals surface area contributed by atoms with Crippen molar-refractivity contribution in [2.24, 2.45) is 5.92 Å². The van der Waals surface area contributed by atoms with Crippen LogP contribution in [0.25, 0.3) is 0 Å². The minimum Gasteiger partial charge on any atom is -0.355 e. The Balaban J connectivity index is 2.31. The summed E-state index contributed by atoms with van der Waals surface area (Å²) in [5.41, 5.74) is 0. The molecule has 0 radical (unpaired) electrons. The summed E-state index contributed by atoms with van der Waals surface area (Å²) in [4.78, 5) is 13.1. The Morgan fingerprint density at radius 1 is 1.33 bits per heavy atom. The standard InChI is InChI=1S/C14H24N2OS/c1-10(2)7-8-15-14(17)12(4)16-11(3)13-6-5-9-18-13/h5-6,9-12,16H,7-8H2,1-4H3,(H,15,17)/t11-,12?/m1/s1. The maximum Gasteiger partial charge on any atom is 0.236 e. The monoisotopic (exact) mass is 268 g/mol. The molecule has 102 valence electrons. The number of hydrogen-bond acceptors (Lipinski definition) is 3. The summed E-state index contributed by atoms with van der Waals surface area (Å²) in [7, 11) is 0. The van der Waals surface area contributed by atoms with Gasteiger partial charge >= 0.3 is 0 Å². The molecule has 0 saturated heterocycles. The molecular weight excluding hydrogens is 244 g/mol. The molecule has 1 unspecified atom stereocenters. The van der Waals surface area contributed by atoms with Gasteiger partial charge in [-0.2, -0.15) is 0 Å². The van der Waals surface area contributed by atoms with E-state index in [0.29, 0.717) is 5.92 Å². The lowest BCUT2D eigenvalue weighted by Crippen LogP contribution is -2.43. The molecule has 1 amide bonds. The molecule has 0 aliphatic carbocycles. The van der Waals surface area contributed by atoms with Gasteiger partial charge in [0.25, 0.3) is 0 Å². The van der Waals surface area contributed by atoms with Gasteiger partial charge in [-0.05, 0) is 37.6 Å². The van der Waals surface area contributed by atoms with Crippen molar-refractivity contribution in [3.63, 3.8) is 0 Å². The number of carbonyl (C=O) groups is 1. The lowest BCUT2D eigenvalue weighted by molar-refractivity contribution is -0.122. The fourth-order valence-electron chi connectivity index (χ4n) is 1.71. The highest BCUT2D eigenvalue weighted by molar-refractivity contribution is 7.10. The molecule has 3 nitrogen and oxygen atoms in total. The van der Waals surface area contributed by atoms with Gasteiger partial charge in [-0.25, -0.2) is 0 Å². The van der Waals surface area contributed by atoms with Crippen molar-refractivity contribution in [2.75, 3.05) is 6.54 Å². The van der Waals surface area contributed by atoms with E-state index in [9.17, 15) is 4.79 Å². The van der Waals surface area contributed by atoms with Gasteiger partial charge in [-0.1, -0.05) is 19.9 Å². The van der Waals surface area contributed by atoms with E-state index in [2.05, 4.69) is 42.9 Å². The van der Waals surface area contributed by atoms with Gasteiger partial charge in [-0.15, -0.1) is 11.3 Å². The molecule has 4 heteroatoms. The van der Waals surface area contributed by atoms with E-state index in [0.717, 1.165) is 13.0 Å².